The topological polar surface area (TPSA) is 96.7 Å². The third kappa shape index (κ3) is 3.30. The highest BCUT2D eigenvalue weighted by molar-refractivity contribution is 6.06. The average molecular weight is 372 g/mol. The van der Waals surface area contributed by atoms with Crippen molar-refractivity contribution in [2.75, 3.05) is 30.8 Å². The molecule has 4 N–H and O–H groups in total. The molecule has 146 valence electrons. The minimum absolute atomic E-state index is 0.00335. The normalized spacial score (nSPS) is 29.6. The van der Waals surface area contributed by atoms with Gasteiger partial charge in [0.1, 0.15) is 5.54 Å². The van der Waals surface area contributed by atoms with Gasteiger partial charge in [0.05, 0.1) is 17.5 Å². The maximum absolute atomic E-state index is 13.0. The molecule has 7 nitrogen and oxygen atoms in total. The summed E-state index contributed by atoms with van der Waals surface area (Å²) in [6.07, 6.45) is 3.48. The number of amides is 2. The van der Waals surface area contributed by atoms with Gasteiger partial charge in [-0.1, -0.05) is 12.1 Å². The van der Waals surface area contributed by atoms with Crippen LogP contribution in [0.5, 0.6) is 0 Å². The van der Waals surface area contributed by atoms with Crippen LogP contribution in [-0.2, 0) is 14.3 Å². The number of benzene rings is 1. The SMILES string of the molecule is CO[C@H]1C[C@@H](C(=O)N2CCC3(CC2)Nc2ccccc2NC3=O)CC[C@@H]1N. The predicted octanol–water partition coefficient (Wildman–Crippen LogP) is 1.55. The molecule has 7 heteroatoms. The number of carbonyl (C=O) groups excluding carboxylic acids is 2. The number of hydrogen-bond donors (Lipinski definition) is 3. The van der Waals surface area contributed by atoms with Gasteiger partial charge in [0.15, 0.2) is 0 Å². The van der Waals surface area contributed by atoms with Gasteiger partial charge in [-0.3, -0.25) is 9.59 Å². The second kappa shape index (κ2) is 7.13. The van der Waals surface area contributed by atoms with Gasteiger partial charge >= 0.3 is 0 Å². The molecule has 2 aliphatic heterocycles. The van der Waals surface area contributed by atoms with Gasteiger partial charge in [0, 0.05) is 32.2 Å². The molecule has 0 aromatic heterocycles. The Balaban J connectivity index is 1.40. The highest BCUT2D eigenvalue weighted by Crippen LogP contribution is 2.37. The standard InChI is InChI=1S/C20H28N4O3/c1-27-17-12-13(6-7-14(17)21)18(25)24-10-8-20(9-11-24)19(26)22-15-4-2-3-5-16(15)23-20/h2-5,13-14,17,23H,6-12,21H2,1H3,(H,22,26)/t13-,14-,17-/m0/s1. The molecule has 2 heterocycles. The molecule has 1 spiro atoms. The van der Waals surface area contributed by atoms with E-state index in [9.17, 15) is 9.59 Å². The highest BCUT2D eigenvalue weighted by Gasteiger charge is 2.46. The minimum Gasteiger partial charge on any atom is -0.380 e. The van der Waals surface area contributed by atoms with Crippen molar-refractivity contribution in [3.63, 3.8) is 0 Å². The molecule has 4 rings (SSSR count). The summed E-state index contributed by atoms with van der Waals surface area (Å²) in [5.41, 5.74) is 7.21. The second-order valence-electron chi connectivity index (χ2n) is 7.98. The number of carbonyl (C=O) groups is 2. The largest absolute Gasteiger partial charge is 0.380 e. The molecule has 1 saturated heterocycles. The van der Waals surface area contributed by atoms with Crippen LogP contribution >= 0.6 is 0 Å². The van der Waals surface area contributed by atoms with Crippen LogP contribution in [-0.4, -0.2) is 54.6 Å². The molecular formula is C20H28N4O3. The van der Waals surface area contributed by atoms with Crippen molar-refractivity contribution in [1.82, 2.24) is 4.90 Å². The molecule has 2 fully saturated rings. The van der Waals surface area contributed by atoms with Crippen LogP contribution in [0.25, 0.3) is 0 Å². The first-order valence-corrected chi connectivity index (χ1v) is 9.78. The van der Waals surface area contributed by atoms with Gasteiger partial charge in [-0.15, -0.1) is 0 Å². The lowest BCUT2D eigenvalue weighted by molar-refractivity contribution is -0.141. The van der Waals surface area contributed by atoms with Gasteiger partial charge < -0.3 is 26.0 Å². The lowest BCUT2D eigenvalue weighted by atomic mass is 9.81. The fourth-order valence-electron chi connectivity index (χ4n) is 4.62. The summed E-state index contributed by atoms with van der Waals surface area (Å²) in [5.74, 6) is 0.143. The highest BCUT2D eigenvalue weighted by atomic mass is 16.5. The molecule has 1 saturated carbocycles. The summed E-state index contributed by atoms with van der Waals surface area (Å²) >= 11 is 0. The smallest absolute Gasteiger partial charge is 0.250 e. The molecule has 2 amide bonds. The molecule has 1 aliphatic carbocycles. The fourth-order valence-corrected chi connectivity index (χ4v) is 4.62. The van der Waals surface area contributed by atoms with Gasteiger partial charge in [-0.05, 0) is 44.2 Å². The Morgan fingerprint density at radius 3 is 2.63 bits per heavy atom. The molecule has 1 aromatic carbocycles. The van der Waals surface area contributed by atoms with Crippen molar-refractivity contribution in [3.8, 4) is 0 Å². The third-order valence-electron chi connectivity index (χ3n) is 6.41. The Bertz CT molecular complexity index is 730. The number of likely N-dealkylation sites (tertiary alicyclic amines) is 1. The van der Waals surface area contributed by atoms with E-state index in [4.69, 9.17) is 10.5 Å². The number of fused-ring (bicyclic) bond motifs is 1. The first kappa shape index (κ1) is 18.3. The lowest BCUT2D eigenvalue weighted by Gasteiger charge is -2.45. The number of anilines is 2. The van der Waals surface area contributed by atoms with Gasteiger partial charge in [-0.25, -0.2) is 0 Å². The van der Waals surface area contributed by atoms with Crippen molar-refractivity contribution >= 4 is 23.2 Å². The van der Waals surface area contributed by atoms with Crippen LogP contribution in [0.4, 0.5) is 11.4 Å². The van der Waals surface area contributed by atoms with E-state index in [1.54, 1.807) is 7.11 Å². The number of para-hydroxylation sites is 2. The van der Waals surface area contributed by atoms with Crippen molar-refractivity contribution in [2.45, 2.75) is 49.8 Å². The van der Waals surface area contributed by atoms with E-state index in [0.29, 0.717) is 32.4 Å². The average Bonchev–Trinajstić information content (AvgIpc) is 2.69. The molecule has 0 unspecified atom stereocenters. The van der Waals surface area contributed by atoms with Crippen LogP contribution in [0.15, 0.2) is 24.3 Å². The van der Waals surface area contributed by atoms with Crippen LogP contribution in [0.1, 0.15) is 32.1 Å². The monoisotopic (exact) mass is 372 g/mol. The predicted molar refractivity (Wildman–Crippen MR) is 103 cm³/mol. The second-order valence-corrected chi connectivity index (χ2v) is 7.98. The summed E-state index contributed by atoms with van der Waals surface area (Å²) in [7, 11) is 1.66. The van der Waals surface area contributed by atoms with E-state index in [1.165, 1.54) is 0 Å². The van der Waals surface area contributed by atoms with Crippen molar-refractivity contribution in [3.05, 3.63) is 24.3 Å². The Hall–Kier alpha value is -2.12. The van der Waals surface area contributed by atoms with E-state index in [2.05, 4.69) is 10.6 Å². The number of rotatable bonds is 2. The maximum atomic E-state index is 13.0. The number of methoxy groups -OCH3 is 1. The zero-order valence-corrected chi connectivity index (χ0v) is 15.7. The van der Waals surface area contributed by atoms with E-state index in [1.807, 2.05) is 29.2 Å². The molecule has 3 aliphatic rings. The number of hydrogen-bond acceptors (Lipinski definition) is 5. The molecule has 27 heavy (non-hydrogen) atoms. The Kier molecular flexibility index (Phi) is 4.82. The van der Waals surface area contributed by atoms with E-state index >= 15 is 0 Å². The van der Waals surface area contributed by atoms with Gasteiger partial charge in [-0.2, -0.15) is 0 Å². The van der Waals surface area contributed by atoms with Crippen molar-refractivity contribution < 1.29 is 14.3 Å². The molecule has 0 radical (unpaired) electrons. The number of nitrogens with zero attached hydrogens (tertiary/aromatic N) is 1. The fraction of sp³-hybridized carbons (Fsp3) is 0.600. The third-order valence-corrected chi connectivity index (χ3v) is 6.41. The molecule has 0 bridgehead atoms. The number of nitrogens with one attached hydrogen (secondary N) is 2. The zero-order chi connectivity index (χ0) is 19.0. The Morgan fingerprint density at radius 1 is 1.22 bits per heavy atom. The van der Waals surface area contributed by atoms with E-state index in [0.717, 1.165) is 24.2 Å². The zero-order valence-electron chi connectivity index (χ0n) is 15.7. The minimum atomic E-state index is -0.630. The maximum Gasteiger partial charge on any atom is 0.250 e. The first-order chi connectivity index (χ1) is 13.0. The molecule has 1 aromatic rings. The van der Waals surface area contributed by atoms with Crippen molar-refractivity contribution in [2.24, 2.45) is 11.7 Å². The summed E-state index contributed by atoms with van der Waals surface area (Å²) in [4.78, 5) is 27.6. The van der Waals surface area contributed by atoms with Crippen LogP contribution in [0.3, 0.4) is 0 Å². The first-order valence-electron chi connectivity index (χ1n) is 9.78. The van der Waals surface area contributed by atoms with E-state index in [-0.39, 0.29) is 29.9 Å². The van der Waals surface area contributed by atoms with Gasteiger partial charge in [0.2, 0.25) is 11.8 Å². The Morgan fingerprint density at radius 2 is 1.93 bits per heavy atom. The van der Waals surface area contributed by atoms with Crippen molar-refractivity contribution in [1.29, 1.82) is 0 Å². The van der Waals surface area contributed by atoms with E-state index < -0.39 is 5.54 Å². The quantitative estimate of drug-likeness (QED) is 0.732. The summed E-state index contributed by atoms with van der Waals surface area (Å²) < 4.78 is 5.45. The summed E-state index contributed by atoms with van der Waals surface area (Å²) in [6, 6.07) is 7.74. The number of piperidine rings is 1. The van der Waals surface area contributed by atoms with Gasteiger partial charge in [0.25, 0.3) is 0 Å². The van der Waals surface area contributed by atoms with Crippen LogP contribution < -0.4 is 16.4 Å². The number of nitrogens with two attached hydrogens (primary N) is 1. The molecular weight excluding hydrogens is 344 g/mol. The summed E-state index contributed by atoms with van der Waals surface area (Å²) in [5, 5.41) is 6.45. The Labute approximate surface area is 159 Å². The summed E-state index contributed by atoms with van der Waals surface area (Å²) in [6.45, 7) is 1.17. The molecule has 3 atom stereocenters. The van der Waals surface area contributed by atoms with Crippen LogP contribution in [0.2, 0.25) is 0 Å². The van der Waals surface area contributed by atoms with Crippen LogP contribution in [0, 0.1) is 5.92 Å². The number of ether oxygens (including phenoxy) is 1. The lowest BCUT2D eigenvalue weighted by Crippen LogP contribution is -2.59.